The molecule has 16 nitrogen and oxygen atoms in total. The Morgan fingerprint density at radius 3 is 1.29 bits per heavy atom. The van der Waals surface area contributed by atoms with Gasteiger partial charge in [-0.05, 0) is 155 Å². The number of urea groups is 2. The van der Waals surface area contributed by atoms with Crippen molar-refractivity contribution >= 4 is 83.4 Å². The zero-order valence-corrected chi connectivity index (χ0v) is 47.0. The Labute approximate surface area is 495 Å². The number of aryl methyl sites for hydroxylation is 2. The van der Waals surface area contributed by atoms with Gasteiger partial charge in [0.2, 0.25) is 0 Å². The number of anilines is 2. The van der Waals surface area contributed by atoms with E-state index in [0.717, 1.165) is 67.6 Å². The van der Waals surface area contributed by atoms with Gasteiger partial charge in [-0.3, -0.25) is 19.8 Å². The van der Waals surface area contributed by atoms with Crippen molar-refractivity contribution in [1.29, 1.82) is 10.5 Å². The van der Waals surface area contributed by atoms with E-state index in [9.17, 15) is 9.59 Å². The minimum Gasteiger partial charge on any atom is -0.813 e. The van der Waals surface area contributed by atoms with Crippen LogP contribution in [0.5, 0.6) is 0 Å². The summed E-state index contributed by atoms with van der Waals surface area (Å²) in [6.07, 6.45) is 15.8. The average Bonchev–Trinajstić information content (AvgIpc) is 4.01. The second-order valence-corrected chi connectivity index (χ2v) is 20.9. The van der Waals surface area contributed by atoms with Gasteiger partial charge < -0.3 is 43.1 Å². The molecule has 4 aromatic heterocycles. The van der Waals surface area contributed by atoms with E-state index in [-0.39, 0.29) is 45.1 Å². The summed E-state index contributed by atoms with van der Waals surface area (Å²) in [7, 11) is 0. The topological polar surface area (TPSA) is 180 Å². The van der Waals surface area contributed by atoms with Crippen molar-refractivity contribution in [3.05, 3.63) is 224 Å². The normalized spacial score (nSPS) is 16.4. The van der Waals surface area contributed by atoms with Gasteiger partial charge in [0.1, 0.15) is 11.6 Å². The van der Waals surface area contributed by atoms with Crippen LogP contribution in [-0.4, -0.2) is 113 Å². The molecule has 0 spiro atoms. The fraction of sp³-hybridized carbons (Fsp3) is 0.238. The minimum absolute atomic E-state index is 0. The Morgan fingerprint density at radius 2 is 0.939 bits per heavy atom. The molecule has 4 aromatic carbocycles. The predicted molar refractivity (Wildman–Crippen MR) is 327 cm³/mol. The number of carbonyl (C=O) groups excluding carboxylic acids is 2. The molecule has 2 saturated heterocycles. The zero-order chi connectivity index (χ0) is 55.3. The number of nitrogens with zero attached hydrogens (tertiary/aromatic N) is 12. The van der Waals surface area contributed by atoms with Gasteiger partial charge in [0, 0.05) is 124 Å². The summed E-state index contributed by atoms with van der Waals surface area (Å²) in [6, 6.07) is 37.9. The summed E-state index contributed by atoms with van der Waals surface area (Å²) in [5, 5.41) is 25.3. The lowest BCUT2D eigenvalue weighted by atomic mass is 9.93. The van der Waals surface area contributed by atoms with E-state index in [0.29, 0.717) is 98.0 Å². The number of hydrogen-bond acceptors (Lipinski definition) is 11. The highest BCUT2D eigenvalue weighted by Gasteiger charge is 2.36. The van der Waals surface area contributed by atoms with Gasteiger partial charge in [0.15, 0.2) is 0 Å². The number of piperazine rings is 2. The highest BCUT2D eigenvalue weighted by atomic mass is 35.5. The van der Waals surface area contributed by atoms with Crippen LogP contribution in [0.1, 0.15) is 87.1 Å². The lowest BCUT2D eigenvalue weighted by Gasteiger charge is -2.39. The van der Waals surface area contributed by atoms with Gasteiger partial charge in [0.25, 0.3) is 0 Å². The maximum absolute atomic E-state index is 13.0. The molecule has 4 aliphatic rings. The Hall–Kier alpha value is -8.55. The molecule has 12 rings (SSSR count). The van der Waals surface area contributed by atoms with Gasteiger partial charge in [-0.1, -0.05) is 54.9 Å². The number of nitriles is 2. The van der Waals surface area contributed by atoms with Crippen molar-refractivity contribution in [2.24, 2.45) is 0 Å². The average molecular weight is 1150 g/mol. The fourth-order valence-electron chi connectivity index (χ4n) is 11.0. The molecular weight excluding hydrogens is 1090 g/mol. The first-order valence-corrected chi connectivity index (χ1v) is 27.2. The highest BCUT2D eigenvalue weighted by Crippen LogP contribution is 2.43. The van der Waals surface area contributed by atoms with Crippen molar-refractivity contribution in [2.45, 2.75) is 46.4 Å². The van der Waals surface area contributed by atoms with Crippen molar-refractivity contribution in [3.63, 3.8) is 0 Å². The van der Waals surface area contributed by atoms with Crippen LogP contribution in [0.4, 0.5) is 21.0 Å². The van der Waals surface area contributed by atoms with Crippen LogP contribution in [0.3, 0.4) is 0 Å². The predicted octanol–water partition coefficient (Wildman–Crippen LogP) is 11.6. The molecule has 0 radical (unpaired) electrons. The molecule has 2 aliphatic heterocycles. The molecule has 2 N–H and O–H groups in total. The standard InChI is InChI=1S/2C31H28ClN7O.CH4.H2S/c2*1-21-34-11-12-39(21)20-24-17-23-3-2-10-35-29(23)30(27-9-6-25(32)18-28(24)27)37-13-15-38(16-14-37)31(40)36-26-7-4-22(19-33)5-8-26;;/h2*2-12,17-18,30H,13-16,20H2,1H3,(H,36,40);1H4;1H2/p-1/t30-;;;/m0.../s1. The SMILES string of the molecule is C.Cc1nccn1CC1=Cc2cccnc2C(N2CCN(C(=O)Nc3ccc(C#N)cc3)CC2)c2ccc(Cl)cc21.Cc1nccn1CC1=Cc2cccnc2[C@@H](N2CCN(C(=O)Nc3ccc(C#N)cc3)CC2)c2ccc(Cl)cc21.[SH-]. The smallest absolute Gasteiger partial charge is 0.321 e. The fourth-order valence-corrected chi connectivity index (χ4v) is 11.4. The Bertz CT molecular complexity index is 3510. The maximum Gasteiger partial charge on any atom is 0.321 e. The van der Waals surface area contributed by atoms with Crippen LogP contribution in [0.25, 0.3) is 23.3 Å². The maximum atomic E-state index is 13.0. The van der Waals surface area contributed by atoms with E-state index in [1.807, 2.05) is 85.1 Å². The van der Waals surface area contributed by atoms with Crippen LogP contribution in [0, 0.1) is 36.5 Å². The van der Waals surface area contributed by atoms with Crippen LogP contribution >= 0.6 is 23.2 Å². The van der Waals surface area contributed by atoms with Gasteiger partial charge in [0.05, 0.1) is 46.7 Å². The Morgan fingerprint density at radius 1 is 0.549 bits per heavy atom. The molecule has 4 amide bonds. The first-order valence-electron chi connectivity index (χ1n) is 26.5. The van der Waals surface area contributed by atoms with Crippen molar-refractivity contribution in [3.8, 4) is 12.1 Å². The number of rotatable bonds is 8. The number of benzene rings is 4. The van der Waals surface area contributed by atoms with Crippen molar-refractivity contribution < 1.29 is 9.59 Å². The molecule has 0 saturated carbocycles. The quantitative estimate of drug-likeness (QED) is 0.109. The summed E-state index contributed by atoms with van der Waals surface area (Å²) in [6.45, 7) is 10.5. The number of nitrogens with one attached hydrogen (secondary N) is 2. The minimum atomic E-state index is -0.143. The Balaban J connectivity index is 0.000000193. The summed E-state index contributed by atoms with van der Waals surface area (Å²) in [5.74, 6) is 1.90. The van der Waals surface area contributed by atoms with Gasteiger partial charge in [-0.25, -0.2) is 19.6 Å². The van der Waals surface area contributed by atoms with E-state index >= 15 is 0 Å². The second-order valence-electron chi connectivity index (χ2n) is 20.1. The second kappa shape index (κ2) is 25.9. The molecule has 1 unspecified atom stereocenters. The third-order valence-corrected chi connectivity index (χ3v) is 15.7. The van der Waals surface area contributed by atoms with Gasteiger partial charge >= 0.3 is 12.1 Å². The summed E-state index contributed by atoms with van der Waals surface area (Å²) in [4.78, 5) is 53.1. The molecule has 2 fully saturated rings. The Kier molecular flexibility index (Phi) is 18.4. The number of imidazole rings is 2. The van der Waals surface area contributed by atoms with Crippen LogP contribution in [-0.2, 0) is 26.6 Å². The number of fused-ring (bicyclic) bond motifs is 4. The molecule has 19 heteroatoms. The van der Waals surface area contributed by atoms with E-state index < -0.39 is 0 Å². The number of carbonyl (C=O) groups is 2. The zero-order valence-electron chi connectivity index (χ0n) is 44.6. The number of halogens is 2. The number of allylic oxidation sites excluding steroid dienone is 2. The third kappa shape index (κ3) is 12.6. The summed E-state index contributed by atoms with van der Waals surface area (Å²) in [5.41, 5.74) is 13.4. The van der Waals surface area contributed by atoms with Crippen LogP contribution in [0.15, 0.2) is 146 Å². The number of amides is 4. The van der Waals surface area contributed by atoms with Crippen molar-refractivity contribution in [1.82, 2.24) is 48.7 Å². The van der Waals surface area contributed by atoms with E-state index in [1.54, 1.807) is 48.5 Å². The largest absolute Gasteiger partial charge is 0.813 e. The number of pyridine rings is 2. The molecule has 6 heterocycles. The molecule has 2 atom stereocenters. The lowest BCUT2D eigenvalue weighted by Crippen LogP contribution is -2.51. The number of aromatic nitrogens is 6. The first-order chi connectivity index (χ1) is 39.0. The van der Waals surface area contributed by atoms with E-state index in [1.165, 1.54) is 0 Å². The van der Waals surface area contributed by atoms with E-state index in [4.69, 9.17) is 43.7 Å². The monoisotopic (exact) mass is 1150 g/mol. The molecule has 2 aliphatic carbocycles. The van der Waals surface area contributed by atoms with E-state index in [2.05, 4.69) is 100 Å². The van der Waals surface area contributed by atoms with Gasteiger partial charge in [-0.15, -0.1) is 0 Å². The summed E-state index contributed by atoms with van der Waals surface area (Å²) >= 11 is 13.1. The number of thiol groups is 1. The van der Waals surface area contributed by atoms with Gasteiger partial charge in [-0.2, -0.15) is 10.5 Å². The van der Waals surface area contributed by atoms with Crippen molar-refractivity contribution in [2.75, 3.05) is 63.0 Å². The van der Waals surface area contributed by atoms with Crippen LogP contribution in [0.2, 0.25) is 10.0 Å². The molecule has 416 valence electrons. The third-order valence-electron chi connectivity index (χ3n) is 15.2. The lowest BCUT2D eigenvalue weighted by molar-refractivity contribution is 0.125. The summed E-state index contributed by atoms with van der Waals surface area (Å²) < 4.78 is 4.27. The molecular formula is C63H61Cl2N14O2S-. The van der Waals surface area contributed by atoms with Crippen LogP contribution < -0.4 is 10.6 Å². The molecule has 82 heavy (non-hydrogen) atoms. The molecule has 8 aromatic rings. The first kappa shape index (κ1) is 58.1. The molecule has 0 bridgehead atoms. The number of hydrogen-bond donors (Lipinski definition) is 2. The highest BCUT2D eigenvalue weighted by molar-refractivity contribution is 7.37.